The minimum atomic E-state index is -0.321. The van der Waals surface area contributed by atoms with Gasteiger partial charge in [0.05, 0.1) is 36.6 Å². The molecule has 1 atom stereocenters. The number of aromatic nitrogens is 4. The van der Waals surface area contributed by atoms with Crippen LogP contribution in [0.1, 0.15) is 33.3 Å². The summed E-state index contributed by atoms with van der Waals surface area (Å²) in [5, 5.41) is 11.6. The molecule has 194 valence electrons. The minimum Gasteiger partial charge on any atom is -0.494 e. The lowest BCUT2D eigenvalue weighted by molar-refractivity contribution is -0.124. The monoisotopic (exact) mass is 632 g/mol. The van der Waals surface area contributed by atoms with Gasteiger partial charge >= 0.3 is 0 Å². The third-order valence-electron chi connectivity index (χ3n) is 5.28. The fourth-order valence-corrected chi connectivity index (χ4v) is 4.88. The first-order chi connectivity index (χ1) is 17.7. The number of fused-ring (bicyclic) bond motifs is 1. The van der Waals surface area contributed by atoms with Crippen LogP contribution in [0.5, 0.6) is 11.5 Å². The molecule has 1 amide bonds. The molecular formula is C26H30IN6O3P. The van der Waals surface area contributed by atoms with Crippen molar-refractivity contribution in [3.8, 4) is 22.9 Å². The fraction of sp³-hybridized carbons (Fsp3) is 0.308. The lowest BCUT2D eigenvalue weighted by Crippen LogP contribution is -2.43. The zero-order valence-electron chi connectivity index (χ0n) is 21.4. The summed E-state index contributed by atoms with van der Waals surface area (Å²) in [5.41, 5.74) is 3.03. The normalized spacial score (nSPS) is 11.7. The average Bonchev–Trinajstić information content (AvgIpc) is 3.31. The van der Waals surface area contributed by atoms with E-state index < -0.39 is 0 Å². The van der Waals surface area contributed by atoms with Crippen LogP contribution in [-0.4, -0.2) is 44.2 Å². The van der Waals surface area contributed by atoms with Gasteiger partial charge in [-0.25, -0.2) is 14.4 Å². The maximum absolute atomic E-state index is 12.2. The van der Waals surface area contributed by atoms with Crippen molar-refractivity contribution in [1.82, 2.24) is 24.8 Å². The van der Waals surface area contributed by atoms with Crippen molar-refractivity contribution in [2.75, 3.05) is 18.5 Å². The Morgan fingerprint density at radius 2 is 1.97 bits per heavy atom. The predicted molar refractivity (Wildman–Crippen MR) is 158 cm³/mol. The zero-order chi connectivity index (χ0) is 26.6. The molecule has 0 bridgehead atoms. The van der Waals surface area contributed by atoms with Gasteiger partial charge in [-0.2, -0.15) is 5.10 Å². The first kappa shape index (κ1) is 27.1. The number of anilines is 2. The van der Waals surface area contributed by atoms with E-state index in [1.165, 1.54) is 0 Å². The first-order valence-electron chi connectivity index (χ1n) is 11.8. The number of carbonyl (C=O) groups excluding carboxylic acids is 1. The molecule has 0 saturated carbocycles. The fourth-order valence-electron chi connectivity index (χ4n) is 3.80. The largest absolute Gasteiger partial charge is 0.494 e. The second-order valence-electron chi connectivity index (χ2n) is 9.41. The van der Waals surface area contributed by atoms with Crippen LogP contribution in [0.3, 0.4) is 0 Å². The molecule has 37 heavy (non-hydrogen) atoms. The Bertz CT molecular complexity index is 1420. The summed E-state index contributed by atoms with van der Waals surface area (Å²) in [6.45, 7) is 10.3. The van der Waals surface area contributed by atoms with Gasteiger partial charge in [0, 0.05) is 22.1 Å². The summed E-state index contributed by atoms with van der Waals surface area (Å²) in [6.07, 6.45) is 4.21. The molecule has 1 unspecified atom stereocenters. The summed E-state index contributed by atoms with van der Waals surface area (Å²) in [5.74, 6) is 2.37. The van der Waals surface area contributed by atoms with Crippen molar-refractivity contribution in [2.45, 2.75) is 40.2 Å². The third kappa shape index (κ3) is 6.87. The summed E-state index contributed by atoms with van der Waals surface area (Å²) in [4.78, 5) is 21.9. The standard InChI is InChI=1S/C26H30IN6O3P/c1-6-35-21-11-10-20-23(16(21)2)25(29-18-13-28-33(14-18)37-27)31-24(30-20)17-8-7-9-19(12-17)36-15-22(34)32-26(3,4)5/h7-14,37H,6,15H2,1-5H3,(H,32,34)(H,29,30,31). The van der Waals surface area contributed by atoms with Crippen LogP contribution in [-0.2, 0) is 4.79 Å². The van der Waals surface area contributed by atoms with Crippen molar-refractivity contribution < 1.29 is 14.3 Å². The molecule has 0 aliphatic carbocycles. The van der Waals surface area contributed by atoms with Crippen LogP contribution in [0, 0.1) is 6.92 Å². The van der Waals surface area contributed by atoms with Gasteiger partial charge in [0.25, 0.3) is 5.91 Å². The summed E-state index contributed by atoms with van der Waals surface area (Å²) >= 11 is 2.28. The summed E-state index contributed by atoms with van der Waals surface area (Å²) in [7, 11) is 0. The second kappa shape index (κ2) is 11.6. The lowest BCUT2D eigenvalue weighted by Gasteiger charge is -2.20. The second-order valence-corrected chi connectivity index (χ2v) is 11.5. The molecule has 0 spiro atoms. The van der Waals surface area contributed by atoms with Gasteiger partial charge in [-0.05, 0) is 80.9 Å². The van der Waals surface area contributed by atoms with E-state index >= 15 is 0 Å². The molecular weight excluding hydrogens is 602 g/mol. The number of hydrogen-bond donors (Lipinski definition) is 2. The van der Waals surface area contributed by atoms with Crippen LogP contribution in [0.2, 0.25) is 0 Å². The SMILES string of the molecule is CCOc1ccc2nc(-c3cccc(OCC(=O)NC(C)(C)C)c3)nc(Nc3cnn(PI)c3)c2c1C. The van der Waals surface area contributed by atoms with Gasteiger partial charge in [0.15, 0.2) is 12.4 Å². The molecule has 2 aromatic heterocycles. The Labute approximate surface area is 231 Å². The number of benzene rings is 2. The number of amides is 1. The smallest absolute Gasteiger partial charge is 0.258 e. The molecule has 0 radical (unpaired) electrons. The average molecular weight is 632 g/mol. The maximum atomic E-state index is 12.2. The first-order valence-corrected chi connectivity index (χ1v) is 15.9. The number of halogens is 1. The van der Waals surface area contributed by atoms with Crippen LogP contribution in [0.25, 0.3) is 22.3 Å². The lowest BCUT2D eigenvalue weighted by atomic mass is 10.1. The molecule has 0 fully saturated rings. The highest BCUT2D eigenvalue weighted by molar-refractivity contribution is 14.2. The van der Waals surface area contributed by atoms with Crippen LogP contribution < -0.4 is 20.1 Å². The van der Waals surface area contributed by atoms with Crippen molar-refractivity contribution in [3.05, 3.63) is 54.4 Å². The summed E-state index contributed by atoms with van der Waals surface area (Å²) < 4.78 is 13.4. The number of carbonyl (C=O) groups is 1. The van der Waals surface area contributed by atoms with Crippen LogP contribution in [0.15, 0.2) is 48.8 Å². The Morgan fingerprint density at radius 3 is 2.68 bits per heavy atom. The summed E-state index contributed by atoms with van der Waals surface area (Å²) in [6, 6.07) is 11.3. The van der Waals surface area contributed by atoms with Crippen molar-refractivity contribution in [3.63, 3.8) is 0 Å². The quantitative estimate of drug-likeness (QED) is 0.172. The predicted octanol–water partition coefficient (Wildman–Crippen LogP) is 6.03. The number of hydrogen-bond acceptors (Lipinski definition) is 7. The number of aryl methyl sites for hydroxylation is 1. The Morgan fingerprint density at radius 1 is 1.16 bits per heavy atom. The van der Waals surface area contributed by atoms with E-state index in [-0.39, 0.29) is 18.1 Å². The molecule has 11 heteroatoms. The van der Waals surface area contributed by atoms with E-state index in [4.69, 9.17) is 19.4 Å². The minimum absolute atomic E-state index is 0.0764. The molecule has 4 rings (SSSR count). The van der Waals surface area contributed by atoms with Crippen molar-refractivity contribution in [2.24, 2.45) is 0 Å². The van der Waals surface area contributed by atoms with E-state index in [2.05, 4.69) is 37.8 Å². The van der Waals surface area contributed by atoms with E-state index in [0.29, 0.717) is 30.4 Å². The third-order valence-corrected chi connectivity index (χ3v) is 7.18. The number of nitrogens with zero attached hydrogens (tertiary/aromatic N) is 4. The molecule has 9 nitrogen and oxygen atoms in total. The van der Waals surface area contributed by atoms with Crippen LogP contribution >= 0.6 is 28.4 Å². The van der Waals surface area contributed by atoms with E-state index in [1.54, 1.807) is 6.20 Å². The number of ether oxygens (including phenoxy) is 2. The highest BCUT2D eigenvalue weighted by atomic mass is 127. The molecule has 4 aromatic rings. The van der Waals surface area contributed by atoms with Crippen LogP contribution in [0.4, 0.5) is 11.5 Å². The number of rotatable bonds is 9. The Hall–Kier alpha value is -2.98. The molecule has 2 heterocycles. The van der Waals surface area contributed by atoms with E-state index in [9.17, 15) is 4.79 Å². The highest BCUT2D eigenvalue weighted by Crippen LogP contribution is 2.35. The highest BCUT2D eigenvalue weighted by Gasteiger charge is 2.17. The maximum Gasteiger partial charge on any atom is 0.258 e. The Kier molecular flexibility index (Phi) is 8.49. The van der Waals surface area contributed by atoms with Gasteiger partial charge < -0.3 is 20.1 Å². The van der Waals surface area contributed by atoms with Gasteiger partial charge in [-0.1, -0.05) is 12.1 Å². The van der Waals surface area contributed by atoms with E-state index in [0.717, 1.165) is 33.5 Å². The molecule has 0 aliphatic heterocycles. The van der Waals surface area contributed by atoms with Crippen molar-refractivity contribution >= 4 is 56.7 Å². The van der Waals surface area contributed by atoms with Gasteiger partial charge in [0.1, 0.15) is 17.3 Å². The topological polar surface area (TPSA) is 103 Å². The molecule has 2 aromatic carbocycles. The molecule has 2 N–H and O–H groups in total. The molecule has 0 aliphatic rings. The van der Waals surface area contributed by atoms with Gasteiger partial charge in [0.2, 0.25) is 0 Å². The van der Waals surface area contributed by atoms with Gasteiger partial charge in [-0.3, -0.25) is 4.79 Å². The van der Waals surface area contributed by atoms with Crippen molar-refractivity contribution in [1.29, 1.82) is 0 Å². The van der Waals surface area contributed by atoms with Gasteiger partial charge in [-0.15, -0.1) is 0 Å². The van der Waals surface area contributed by atoms with E-state index in [1.807, 2.05) is 81.7 Å². The molecule has 0 saturated heterocycles. The number of nitrogens with one attached hydrogen (secondary N) is 2. The Balaban J connectivity index is 1.71. The zero-order valence-corrected chi connectivity index (χ0v) is 24.6.